The van der Waals surface area contributed by atoms with Crippen LogP contribution in [-0.2, 0) is 6.61 Å². The van der Waals surface area contributed by atoms with E-state index in [1.807, 2.05) is 13.8 Å². The Hall–Kier alpha value is -1.80. The molecule has 0 saturated heterocycles. The SMILES string of the molecule is CC(C)n1c(CO)nnc1-c1ccc([N+](=O)[O-])s1. The van der Waals surface area contributed by atoms with Crippen LogP contribution >= 0.6 is 11.3 Å². The van der Waals surface area contributed by atoms with E-state index in [1.165, 1.54) is 6.07 Å². The molecule has 0 spiro atoms. The molecule has 18 heavy (non-hydrogen) atoms. The van der Waals surface area contributed by atoms with Crippen LogP contribution in [0, 0.1) is 10.1 Å². The second-order valence-electron chi connectivity index (χ2n) is 3.96. The number of aliphatic hydroxyl groups is 1. The number of nitrogens with zero attached hydrogens (tertiary/aromatic N) is 4. The van der Waals surface area contributed by atoms with Gasteiger partial charge in [0, 0.05) is 12.1 Å². The van der Waals surface area contributed by atoms with Gasteiger partial charge >= 0.3 is 5.00 Å². The largest absolute Gasteiger partial charge is 0.388 e. The molecule has 0 aliphatic carbocycles. The Kier molecular flexibility index (Phi) is 3.39. The van der Waals surface area contributed by atoms with Crippen molar-refractivity contribution in [2.24, 2.45) is 0 Å². The van der Waals surface area contributed by atoms with Gasteiger partial charge in [-0.05, 0) is 19.9 Å². The first kappa shape index (κ1) is 12.7. The fourth-order valence-corrected chi connectivity index (χ4v) is 2.49. The van der Waals surface area contributed by atoms with Crippen molar-refractivity contribution in [3.63, 3.8) is 0 Å². The highest BCUT2D eigenvalue weighted by Crippen LogP contribution is 2.33. The Morgan fingerprint density at radius 2 is 2.22 bits per heavy atom. The fraction of sp³-hybridized carbons (Fsp3) is 0.400. The molecule has 2 aromatic heterocycles. The molecular formula is C10H12N4O3S. The van der Waals surface area contributed by atoms with E-state index in [1.54, 1.807) is 10.6 Å². The number of rotatable bonds is 4. The van der Waals surface area contributed by atoms with Crippen molar-refractivity contribution < 1.29 is 10.0 Å². The van der Waals surface area contributed by atoms with Gasteiger partial charge in [-0.15, -0.1) is 10.2 Å². The molecule has 96 valence electrons. The molecule has 2 rings (SSSR count). The number of nitro groups is 1. The van der Waals surface area contributed by atoms with Crippen molar-refractivity contribution >= 4 is 16.3 Å². The van der Waals surface area contributed by atoms with Crippen LogP contribution < -0.4 is 0 Å². The van der Waals surface area contributed by atoms with Gasteiger partial charge < -0.3 is 9.67 Å². The lowest BCUT2D eigenvalue weighted by molar-refractivity contribution is -0.380. The van der Waals surface area contributed by atoms with Crippen molar-refractivity contribution in [1.82, 2.24) is 14.8 Å². The number of thiophene rings is 1. The van der Waals surface area contributed by atoms with Crippen LogP contribution in [0.5, 0.6) is 0 Å². The third kappa shape index (κ3) is 2.12. The lowest BCUT2D eigenvalue weighted by Crippen LogP contribution is -2.07. The van der Waals surface area contributed by atoms with Crippen molar-refractivity contribution in [2.75, 3.05) is 0 Å². The van der Waals surface area contributed by atoms with Gasteiger partial charge in [-0.2, -0.15) is 0 Å². The molecule has 0 fully saturated rings. The predicted molar refractivity (Wildman–Crippen MR) is 66.3 cm³/mol. The lowest BCUT2D eigenvalue weighted by atomic mass is 10.3. The highest BCUT2D eigenvalue weighted by atomic mass is 32.1. The van der Waals surface area contributed by atoms with Gasteiger partial charge in [-0.3, -0.25) is 10.1 Å². The summed E-state index contributed by atoms with van der Waals surface area (Å²) in [7, 11) is 0. The minimum Gasteiger partial charge on any atom is -0.388 e. The van der Waals surface area contributed by atoms with Gasteiger partial charge in [0.2, 0.25) is 0 Å². The monoisotopic (exact) mass is 268 g/mol. The van der Waals surface area contributed by atoms with Crippen molar-refractivity contribution in [1.29, 1.82) is 0 Å². The van der Waals surface area contributed by atoms with E-state index in [2.05, 4.69) is 10.2 Å². The minimum atomic E-state index is -0.433. The van der Waals surface area contributed by atoms with Gasteiger partial charge in [0.1, 0.15) is 6.61 Å². The van der Waals surface area contributed by atoms with E-state index >= 15 is 0 Å². The van der Waals surface area contributed by atoms with Gasteiger partial charge in [-0.25, -0.2) is 0 Å². The number of hydrogen-bond donors (Lipinski definition) is 1. The molecule has 0 aromatic carbocycles. The van der Waals surface area contributed by atoms with Crippen LogP contribution in [0.15, 0.2) is 12.1 Å². The van der Waals surface area contributed by atoms with Crippen LogP contribution in [0.3, 0.4) is 0 Å². The molecular weight excluding hydrogens is 256 g/mol. The van der Waals surface area contributed by atoms with Crippen LogP contribution in [0.25, 0.3) is 10.7 Å². The average Bonchev–Trinajstić information content (AvgIpc) is 2.94. The number of hydrogen-bond acceptors (Lipinski definition) is 6. The Morgan fingerprint density at radius 1 is 1.50 bits per heavy atom. The molecule has 0 aliphatic rings. The first-order valence-electron chi connectivity index (χ1n) is 5.33. The van der Waals surface area contributed by atoms with E-state index in [4.69, 9.17) is 0 Å². The van der Waals surface area contributed by atoms with E-state index in [0.29, 0.717) is 16.5 Å². The maximum atomic E-state index is 10.7. The Bertz CT molecular complexity index is 575. The molecule has 7 nitrogen and oxygen atoms in total. The van der Waals surface area contributed by atoms with Crippen molar-refractivity contribution in [2.45, 2.75) is 26.5 Å². The smallest absolute Gasteiger partial charge is 0.324 e. The van der Waals surface area contributed by atoms with Crippen LogP contribution in [0.4, 0.5) is 5.00 Å². The molecule has 0 bridgehead atoms. The van der Waals surface area contributed by atoms with E-state index in [9.17, 15) is 15.2 Å². The maximum Gasteiger partial charge on any atom is 0.324 e. The number of aliphatic hydroxyl groups excluding tert-OH is 1. The zero-order chi connectivity index (χ0) is 13.3. The summed E-state index contributed by atoms with van der Waals surface area (Å²) in [5, 5.41) is 27.8. The quantitative estimate of drug-likeness (QED) is 0.676. The molecule has 0 radical (unpaired) electrons. The first-order valence-corrected chi connectivity index (χ1v) is 6.15. The zero-order valence-electron chi connectivity index (χ0n) is 9.90. The Balaban J connectivity index is 2.49. The molecule has 1 N–H and O–H groups in total. The highest BCUT2D eigenvalue weighted by molar-refractivity contribution is 7.18. The lowest BCUT2D eigenvalue weighted by Gasteiger charge is -2.11. The summed E-state index contributed by atoms with van der Waals surface area (Å²) in [6, 6.07) is 3.16. The Morgan fingerprint density at radius 3 is 2.72 bits per heavy atom. The average molecular weight is 268 g/mol. The minimum absolute atomic E-state index is 0.0638. The molecule has 2 heterocycles. The first-order chi connectivity index (χ1) is 8.54. The zero-order valence-corrected chi connectivity index (χ0v) is 10.7. The van der Waals surface area contributed by atoms with E-state index < -0.39 is 4.92 Å². The summed E-state index contributed by atoms with van der Waals surface area (Å²) in [5.41, 5.74) is 0. The standard InChI is InChI=1S/C10H12N4O3S/c1-6(2)13-8(5-15)11-12-10(13)7-3-4-9(18-7)14(16)17/h3-4,6,15H,5H2,1-2H3. The summed E-state index contributed by atoms with van der Waals surface area (Å²) < 4.78 is 1.77. The van der Waals surface area contributed by atoms with Crippen LogP contribution in [-0.4, -0.2) is 24.8 Å². The third-order valence-corrected chi connectivity index (χ3v) is 3.45. The molecule has 0 saturated carbocycles. The van der Waals surface area contributed by atoms with Gasteiger partial charge in [0.05, 0.1) is 9.80 Å². The van der Waals surface area contributed by atoms with Crippen molar-refractivity contribution in [3.8, 4) is 10.7 Å². The second kappa shape index (κ2) is 4.83. The molecule has 0 unspecified atom stereocenters. The van der Waals surface area contributed by atoms with Gasteiger partial charge in [0.25, 0.3) is 0 Å². The summed E-state index contributed by atoms with van der Waals surface area (Å²) in [6.45, 7) is 3.67. The molecule has 8 heteroatoms. The third-order valence-electron chi connectivity index (χ3n) is 2.42. The molecule has 0 atom stereocenters. The van der Waals surface area contributed by atoms with Crippen LogP contribution in [0.1, 0.15) is 25.7 Å². The normalized spacial score (nSPS) is 11.1. The maximum absolute atomic E-state index is 10.7. The topological polar surface area (TPSA) is 94.1 Å². The highest BCUT2D eigenvalue weighted by Gasteiger charge is 2.19. The van der Waals surface area contributed by atoms with Gasteiger partial charge in [-0.1, -0.05) is 11.3 Å². The molecule has 2 aromatic rings. The summed E-state index contributed by atoms with van der Waals surface area (Å²) in [6.07, 6.45) is 0. The summed E-state index contributed by atoms with van der Waals surface area (Å²) in [5.74, 6) is 1.00. The molecule has 0 amide bonds. The number of aromatic nitrogens is 3. The second-order valence-corrected chi connectivity index (χ2v) is 5.02. The van der Waals surface area contributed by atoms with E-state index in [-0.39, 0.29) is 17.6 Å². The van der Waals surface area contributed by atoms with Gasteiger partial charge in [0.15, 0.2) is 11.6 Å². The predicted octanol–water partition coefficient (Wildman–Crippen LogP) is 1.99. The van der Waals surface area contributed by atoms with Crippen LogP contribution in [0.2, 0.25) is 0 Å². The Labute approximate surface area is 107 Å². The summed E-state index contributed by atoms with van der Waals surface area (Å²) >= 11 is 1.05. The fourth-order valence-electron chi connectivity index (χ4n) is 1.69. The van der Waals surface area contributed by atoms with E-state index in [0.717, 1.165) is 11.3 Å². The van der Waals surface area contributed by atoms with Crippen molar-refractivity contribution in [3.05, 3.63) is 28.1 Å². The summed E-state index contributed by atoms with van der Waals surface area (Å²) in [4.78, 5) is 10.9. The molecule has 0 aliphatic heterocycles.